The minimum atomic E-state index is -4.27. The van der Waals surface area contributed by atoms with E-state index in [1.165, 1.54) is 9.80 Å². The zero-order valence-corrected chi connectivity index (χ0v) is 14.5. The molecule has 0 radical (unpaired) electrons. The third-order valence-electron chi connectivity index (χ3n) is 4.72. The van der Waals surface area contributed by atoms with Gasteiger partial charge < -0.3 is 10.2 Å². The van der Waals surface area contributed by atoms with E-state index >= 15 is 0 Å². The Hall–Kier alpha value is -1.03. The smallest absolute Gasteiger partial charge is 0.338 e. The molecule has 2 heterocycles. The Bertz CT molecular complexity index is 545. The fourth-order valence-electron chi connectivity index (χ4n) is 3.14. The van der Waals surface area contributed by atoms with Gasteiger partial charge in [-0.3, -0.25) is 4.90 Å². The Kier molecular flexibility index (Phi) is 6.00. The summed E-state index contributed by atoms with van der Waals surface area (Å²) >= 11 is 0. The summed E-state index contributed by atoms with van der Waals surface area (Å²) in [6, 6.07) is -1.85. The van der Waals surface area contributed by atoms with Crippen LogP contribution in [0, 0.1) is 5.92 Å². The molecule has 2 rings (SSSR count). The van der Waals surface area contributed by atoms with Gasteiger partial charge in [0.2, 0.25) is 0 Å². The minimum absolute atomic E-state index is 0.0840. The normalized spacial score (nSPS) is 26.8. The number of amides is 2. The lowest BCUT2D eigenvalue weighted by Crippen LogP contribution is -2.56. The summed E-state index contributed by atoms with van der Waals surface area (Å²) in [7, 11) is -3.01. The highest BCUT2D eigenvalue weighted by molar-refractivity contribution is 7.91. The SMILES string of the molecule is CC(N1CCN(C(=O)NCC2CCCS(=O)(=O)C2)CC1)C(F)(F)F. The second-order valence-corrected chi connectivity index (χ2v) is 8.78. The molecule has 0 bridgehead atoms. The van der Waals surface area contributed by atoms with E-state index in [0.717, 1.165) is 13.3 Å². The predicted octanol–water partition coefficient (Wildman–Crippen LogP) is 1.09. The van der Waals surface area contributed by atoms with E-state index in [2.05, 4.69) is 5.32 Å². The maximum absolute atomic E-state index is 12.7. The number of alkyl halides is 3. The lowest BCUT2D eigenvalue weighted by molar-refractivity contribution is -0.181. The van der Waals surface area contributed by atoms with Crippen molar-refractivity contribution in [2.45, 2.75) is 32.0 Å². The van der Waals surface area contributed by atoms with Crippen LogP contribution in [0.25, 0.3) is 0 Å². The molecule has 0 aromatic rings. The van der Waals surface area contributed by atoms with Crippen molar-refractivity contribution in [3.05, 3.63) is 0 Å². The summed E-state index contributed by atoms with van der Waals surface area (Å²) in [6.45, 7) is 2.22. The molecule has 0 aromatic carbocycles. The molecule has 24 heavy (non-hydrogen) atoms. The monoisotopic (exact) mass is 371 g/mol. The van der Waals surface area contributed by atoms with E-state index in [4.69, 9.17) is 0 Å². The molecule has 2 aliphatic rings. The first kappa shape index (κ1) is 19.3. The van der Waals surface area contributed by atoms with Crippen LogP contribution in [0.5, 0.6) is 0 Å². The summed E-state index contributed by atoms with van der Waals surface area (Å²) in [5.74, 6) is 0.209. The van der Waals surface area contributed by atoms with Gasteiger partial charge in [-0.15, -0.1) is 0 Å². The molecule has 2 fully saturated rings. The zero-order valence-electron chi connectivity index (χ0n) is 13.7. The predicted molar refractivity (Wildman–Crippen MR) is 83.4 cm³/mol. The fourth-order valence-corrected chi connectivity index (χ4v) is 4.92. The van der Waals surface area contributed by atoms with Gasteiger partial charge in [-0.2, -0.15) is 13.2 Å². The molecule has 0 saturated carbocycles. The van der Waals surface area contributed by atoms with Crippen molar-refractivity contribution in [3.8, 4) is 0 Å². The number of nitrogens with one attached hydrogen (secondary N) is 1. The number of sulfone groups is 1. The molecule has 0 aliphatic carbocycles. The van der Waals surface area contributed by atoms with Crippen molar-refractivity contribution in [1.29, 1.82) is 0 Å². The number of carbonyl (C=O) groups is 1. The number of piperazine rings is 1. The molecule has 2 aliphatic heterocycles. The van der Waals surface area contributed by atoms with Crippen molar-refractivity contribution in [2.24, 2.45) is 5.92 Å². The highest BCUT2D eigenvalue weighted by atomic mass is 32.2. The van der Waals surface area contributed by atoms with Crippen LogP contribution >= 0.6 is 0 Å². The summed E-state index contributed by atoms with van der Waals surface area (Å²) in [6.07, 6.45) is -2.90. The van der Waals surface area contributed by atoms with Gasteiger partial charge in [-0.25, -0.2) is 13.2 Å². The number of nitrogens with zero attached hydrogens (tertiary/aromatic N) is 2. The molecule has 140 valence electrons. The van der Waals surface area contributed by atoms with Crippen molar-refractivity contribution in [3.63, 3.8) is 0 Å². The Morgan fingerprint density at radius 1 is 1.25 bits per heavy atom. The Morgan fingerprint density at radius 2 is 1.88 bits per heavy atom. The van der Waals surface area contributed by atoms with Crippen molar-refractivity contribution in [2.75, 3.05) is 44.2 Å². The molecule has 2 saturated heterocycles. The molecule has 1 N–H and O–H groups in total. The highest BCUT2D eigenvalue weighted by Gasteiger charge is 2.41. The van der Waals surface area contributed by atoms with Crippen LogP contribution in [0.4, 0.5) is 18.0 Å². The van der Waals surface area contributed by atoms with Gasteiger partial charge in [-0.1, -0.05) is 0 Å². The van der Waals surface area contributed by atoms with Gasteiger partial charge >= 0.3 is 12.2 Å². The Labute approximate surface area is 140 Å². The third kappa shape index (κ3) is 5.23. The molecule has 2 unspecified atom stereocenters. The zero-order chi connectivity index (χ0) is 18.0. The summed E-state index contributed by atoms with van der Waals surface area (Å²) in [4.78, 5) is 14.9. The average Bonchev–Trinajstić information content (AvgIpc) is 2.50. The molecule has 0 aromatic heterocycles. The first-order valence-corrected chi connectivity index (χ1v) is 9.94. The number of urea groups is 1. The van der Waals surface area contributed by atoms with Gasteiger partial charge in [0.15, 0.2) is 9.84 Å². The van der Waals surface area contributed by atoms with E-state index in [9.17, 15) is 26.4 Å². The maximum Gasteiger partial charge on any atom is 0.403 e. The number of rotatable bonds is 3. The van der Waals surface area contributed by atoms with E-state index in [-0.39, 0.29) is 56.2 Å². The fraction of sp³-hybridized carbons (Fsp3) is 0.929. The molecule has 10 heteroatoms. The molecule has 6 nitrogen and oxygen atoms in total. The van der Waals surface area contributed by atoms with Crippen LogP contribution in [0.3, 0.4) is 0 Å². The first-order chi connectivity index (χ1) is 11.1. The lowest BCUT2D eigenvalue weighted by atomic mass is 10.1. The van der Waals surface area contributed by atoms with Crippen molar-refractivity contribution < 1.29 is 26.4 Å². The van der Waals surface area contributed by atoms with Gasteiger partial charge in [0, 0.05) is 32.7 Å². The largest absolute Gasteiger partial charge is 0.403 e. The van der Waals surface area contributed by atoms with E-state index < -0.39 is 22.1 Å². The van der Waals surface area contributed by atoms with Crippen molar-refractivity contribution >= 4 is 15.9 Å². The quantitative estimate of drug-likeness (QED) is 0.806. The maximum atomic E-state index is 12.7. The number of hydrogen-bond donors (Lipinski definition) is 1. The van der Waals surface area contributed by atoms with Gasteiger partial charge in [0.25, 0.3) is 0 Å². The standard InChI is InChI=1S/C14H24F3N3O3S/c1-11(14(15,16)17)19-4-6-20(7-5-19)13(21)18-9-12-3-2-8-24(22,23)10-12/h11-12H,2-10H2,1H3,(H,18,21). The van der Waals surface area contributed by atoms with Gasteiger partial charge in [0.1, 0.15) is 6.04 Å². The Balaban J connectivity index is 1.75. The molecular weight excluding hydrogens is 347 g/mol. The molecular formula is C14H24F3N3O3S. The minimum Gasteiger partial charge on any atom is -0.338 e. The van der Waals surface area contributed by atoms with Crippen molar-refractivity contribution in [1.82, 2.24) is 15.1 Å². The highest BCUT2D eigenvalue weighted by Crippen LogP contribution is 2.25. The average molecular weight is 371 g/mol. The van der Waals surface area contributed by atoms with Gasteiger partial charge in [-0.05, 0) is 25.7 Å². The lowest BCUT2D eigenvalue weighted by Gasteiger charge is -2.38. The van der Waals surface area contributed by atoms with E-state index in [1.54, 1.807) is 0 Å². The van der Waals surface area contributed by atoms with Crippen LogP contribution in [-0.2, 0) is 9.84 Å². The summed E-state index contributed by atoms with van der Waals surface area (Å²) < 4.78 is 61.2. The number of halogens is 3. The second kappa shape index (κ2) is 7.47. The molecule has 0 spiro atoms. The third-order valence-corrected chi connectivity index (χ3v) is 6.61. The van der Waals surface area contributed by atoms with Gasteiger partial charge in [0.05, 0.1) is 11.5 Å². The van der Waals surface area contributed by atoms with Crippen LogP contribution in [0.2, 0.25) is 0 Å². The van der Waals surface area contributed by atoms with Crippen LogP contribution in [-0.4, -0.2) is 80.7 Å². The molecule has 2 atom stereocenters. The van der Waals surface area contributed by atoms with E-state index in [0.29, 0.717) is 6.42 Å². The topological polar surface area (TPSA) is 69.7 Å². The van der Waals surface area contributed by atoms with Crippen LogP contribution in [0.1, 0.15) is 19.8 Å². The van der Waals surface area contributed by atoms with Crippen LogP contribution < -0.4 is 5.32 Å². The Morgan fingerprint density at radius 3 is 2.42 bits per heavy atom. The first-order valence-electron chi connectivity index (χ1n) is 8.12. The molecule has 2 amide bonds. The summed E-state index contributed by atoms with van der Waals surface area (Å²) in [5.41, 5.74) is 0. The second-order valence-electron chi connectivity index (χ2n) is 6.55. The van der Waals surface area contributed by atoms with Crippen LogP contribution in [0.15, 0.2) is 0 Å². The summed E-state index contributed by atoms with van der Waals surface area (Å²) in [5, 5.41) is 2.72. The number of hydrogen-bond acceptors (Lipinski definition) is 4. The van der Waals surface area contributed by atoms with E-state index in [1.807, 2.05) is 0 Å². The number of carbonyl (C=O) groups excluding carboxylic acids is 1.